The Morgan fingerprint density at radius 2 is 2.40 bits per heavy atom. The number of hydrogen-bond acceptors (Lipinski definition) is 3. The molecule has 0 aliphatic carbocycles. The Balaban J connectivity index is 2.56. The van der Waals surface area contributed by atoms with E-state index in [4.69, 9.17) is 0 Å². The summed E-state index contributed by atoms with van der Waals surface area (Å²) in [5, 5.41) is 1.99. The fourth-order valence-electron chi connectivity index (χ4n) is 1.54. The molecule has 1 N–H and O–H groups in total. The van der Waals surface area contributed by atoms with Gasteiger partial charge in [0, 0.05) is 5.56 Å². The Hall–Kier alpha value is -1.42. The van der Waals surface area contributed by atoms with Gasteiger partial charge in [0.05, 0.1) is 16.9 Å². The van der Waals surface area contributed by atoms with Crippen molar-refractivity contribution in [3.8, 4) is 10.6 Å². The van der Waals surface area contributed by atoms with Crippen molar-refractivity contribution in [3.05, 3.63) is 39.8 Å². The van der Waals surface area contributed by atoms with Crippen molar-refractivity contribution >= 4 is 11.3 Å². The van der Waals surface area contributed by atoms with Crippen molar-refractivity contribution in [2.24, 2.45) is 0 Å². The van der Waals surface area contributed by atoms with Crippen LogP contribution in [0.5, 0.6) is 0 Å². The number of nitrogens with zero attached hydrogens (tertiary/aromatic N) is 1. The van der Waals surface area contributed by atoms with Gasteiger partial charge in [0.2, 0.25) is 0 Å². The maximum atomic E-state index is 11.6. The van der Waals surface area contributed by atoms with Crippen molar-refractivity contribution in [2.75, 3.05) is 0 Å². The zero-order valence-electron chi connectivity index (χ0n) is 8.49. The second kappa shape index (κ2) is 4.40. The zero-order chi connectivity index (χ0) is 10.7. The molecule has 2 aromatic heterocycles. The molecule has 0 aromatic carbocycles. The van der Waals surface area contributed by atoms with Crippen LogP contribution < -0.4 is 5.56 Å². The normalized spacial score (nSPS) is 10.5. The van der Waals surface area contributed by atoms with Gasteiger partial charge in [-0.3, -0.25) is 4.79 Å². The molecule has 2 heterocycles. The van der Waals surface area contributed by atoms with E-state index in [0.717, 1.165) is 29.0 Å². The molecule has 2 aromatic rings. The number of aromatic amines is 1. The first-order chi connectivity index (χ1) is 7.33. The van der Waals surface area contributed by atoms with Crippen LogP contribution in [-0.4, -0.2) is 9.97 Å². The third-order valence-electron chi connectivity index (χ3n) is 2.20. The van der Waals surface area contributed by atoms with Crippen LogP contribution in [0, 0.1) is 0 Å². The number of rotatable bonds is 3. The smallest absolute Gasteiger partial charge is 0.254 e. The van der Waals surface area contributed by atoms with Gasteiger partial charge in [-0.05, 0) is 17.9 Å². The molecule has 0 radical (unpaired) electrons. The van der Waals surface area contributed by atoms with Crippen LogP contribution in [-0.2, 0) is 6.42 Å². The molecule has 0 atom stereocenters. The average Bonchev–Trinajstić information content (AvgIpc) is 2.74. The average molecular weight is 220 g/mol. The molecule has 0 saturated carbocycles. The lowest BCUT2D eigenvalue weighted by atomic mass is 10.1. The minimum absolute atomic E-state index is 0.0183. The van der Waals surface area contributed by atoms with E-state index < -0.39 is 0 Å². The molecule has 0 aliphatic heterocycles. The molecule has 15 heavy (non-hydrogen) atoms. The molecule has 3 nitrogen and oxygen atoms in total. The Morgan fingerprint density at radius 1 is 1.53 bits per heavy atom. The van der Waals surface area contributed by atoms with Gasteiger partial charge in [-0.15, -0.1) is 11.3 Å². The summed E-state index contributed by atoms with van der Waals surface area (Å²) in [6.07, 6.45) is 3.19. The number of aromatic nitrogens is 2. The molecule has 0 aliphatic rings. The van der Waals surface area contributed by atoms with E-state index in [1.54, 1.807) is 11.3 Å². The molecule has 2 rings (SSSR count). The van der Waals surface area contributed by atoms with E-state index in [1.165, 1.54) is 6.33 Å². The van der Waals surface area contributed by atoms with Crippen molar-refractivity contribution < 1.29 is 0 Å². The highest BCUT2D eigenvalue weighted by Crippen LogP contribution is 2.24. The van der Waals surface area contributed by atoms with E-state index in [2.05, 4.69) is 16.9 Å². The summed E-state index contributed by atoms with van der Waals surface area (Å²) in [7, 11) is 0. The monoisotopic (exact) mass is 220 g/mol. The molecule has 0 saturated heterocycles. The van der Waals surface area contributed by atoms with Crippen LogP contribution in [0.3, 0.4) is 0 Å². The number of hydrogen-bond donors (Lipinski definition) is 1. The first kappa shape index (κ1) is 10.1. The van der Waals surface area contributed by atoms with E-state index in [-0.39, 0.29) is 5.56 Å². The van der Waals surface area contributed by atoms with Gasteiger partial charge in [-0.1, -0.05) is 19.4 Å². The molecule has 0 bridgehead atoms. The van der Waals surface area contributed by atoms with Gasteiger partial charge < -0.3 is 4.98 Å². The van der Waals surface area contributed by atoms with Crippen molar-refractivity contribution in [1.82, 2.24) is 9.97 Å². The lowest BCUT2D eigenvalue weighted by molar-refractivity contribution is 0.889. The third kappa shape index (κ3) is 1.99. The highest BCUT2D eigenvalue weighted by Gasteiger charge is 2.10. The molecule has 0 spiro atoms. The number of thiophene rings is 1. The Labute approximate surface area is 91.8 Å². The summed E-state index contributed by atoms with van der Waals surface area (Å²) in [5.41, 5.74) is 1.60. The highest BCUT2D eigenvalue weighted by molar-refractivity contribution is 7.13. The van der Waals surface area contributed by atoms with Crippen LogP contribution in [0.15, 0.2) is 28.6 Å². The number of nitrogens with one attached hydrogen (secondary N) is 1. The summed E-state index contributed by atoms with van der Waals surface area (Å²) < 4.78 is 0. The van der Waals surface area contributed by atoms with E-state index in [1.807, 2.05) is 17.5 Å². The summed E-state index contributed by atoms with van der Waals surface area (Å²) >= 11 is 1.61. The zero-order valence-corrected chi connectivity index (χ0v) is 9.30. The van der Waals surface area contributed by atoms with Crippen molar-refractivity contribution in [3.63, 3.8) is 0 Å². The topological polar surface area (TPSA) is 45.8 Å². The van der Waals surface area contributed by atoms with Gasteiger partial charge in [-0.25, -0.2) is 4.98 Å². The van der Waals surface area contributed by atoms with E-state index in [0.29, 0.717) is 0 Å². The largest absolute Gasteiger partial charge is 0.313 e. The molecule has 0 amide bonds. The maximum absolute atomic E-state index is 11.6. The van der Waals surface area contributed by atoms with E-state index in [9.17, 15) is 4.79 Å². The van der Waals surface area contributed by atoms with Crippen LogP contribution in [0.1, 0.15) is 18.9 Å². The fraction of sp³-hybridized carbons (Fsp3) is 0.273. The predicted molar refractivity (Wildman–Crippen MR) is 62.2 cm³/mol. The Kier molecular flexibility index (Phi) is 2.97. The second-order valence-electron chi connectivity index (χ2n) is 3.29. The summed E-state index contributed by atoms with van der Waals surface area (Å²) in [6.45, 7) is 2.06. The van der Waals surface area contributed by atoms with Gasteiger partial charge in [0.25, 0.3) is 5.56 Å². The molecule has 78 valence electrons. The van der Waals surface area contributed by atoms with Crippen LogP contribution >= 0.6 is 11.3 Å². The SMILES string of the molecule is CCCc1c(-c2cccs2)nc[nH]c1=O. The molecule has 0 unspecified atom stereocenters. The molecular formula is C11H12N2OS. The predicted octanol–water partition coefficient (Wildman–Crippen LogP) is 2.45. The van der Waals surface area contributed by atoms with Crippen molar-refractivity contribution in [1.29, 1.82) is 0 Å². The minimum atomic E-state index is -0.0183. The third-order valence-corrected chi connectivity index (χ3v) is 3.08. The lowest BCUT2D eigenvalue weighted by Gasteiger charge is -2.03. The van der Waals surface area contributed by atoms with Crippen LogP contribution in [0.2, 0.25) is 0 Å². The van der Waals surface area contributed by atoms with Gasteiger partial charge >= 0.3 is 0 Å². The van der Waals surface area contributed by atoms with Crippen LogP contribution in [0.25, 0.3) is 10.6 Å². The van der Waals surface area contributed by atoms with Crippen LogP contribution in [0.4, 0.5) is 0 Å². The summed E-state index contributed by atoms with van der Waals surface area (Å²) in [4.78, 5) is 19.6. The standard InChI is InChI=1S/C11H12N2OS/c1-2-4-8-10(9-5-3-6-15-9)12-7-13-11(8)14/h3,5-7H,2,4H2,1H3,(H,12,13,14). The molecule has 0 fully saturated rings. The number of H-pyrrole nitrogens is 1. The second-order valence-corrected chi connectivity index (χ2v) is 4.23. The molecular weight excluding hydrogens is 208 g/mol. The van der Waals surface area contributed by atoms with Gasteiger partial charge in [-0.2, -0.15) is 0 Å². The Bertz CT molecular complexity index is 488. The van der Waals surface area contributed by atoms with E-state index >= 15 is 0 Å². The lowest BCUT2D eigenvalue weighted by Crippen LogP contribution is -2.14. The fourth-order valence-corrected chi connectivity index (χ4v) is 2.28. The van der Waals surface area contributed by atoms with Crippen molar-refractivity contribution in [2.45, 2.75) is 19.8 Å². The Morgan fingerprint density at radius 3 is 3.07 bits per heavy atom. The summed E-state index contributed by atoms with van der Waals surface area (Å²) in [6, 6.07) is 3.96. The maximum Gasteiger partial charge on any atom is 0.254 e. The minimum Gasteiger partial charge on any atom is -0.313 e. The summed E-state index contributed by atoms with van der Waals surface area (Å²) in [5.74, 6) is 0. The first-order valence-electron chi connectivity index (χ1n) is 4.93. The van der Waals surface area contributed by atoms with Gasteiger partial charge in [0.15, 0.2) is 0 Å². The quantitative estimate of drug-likeness (QED) is 0.863. The highest BCUT2D eigenvalue weighted by atomic mass is 32.1. The molecule has 4 heteroatoms. The first-order valence-corrected chi connectivity index (χ1v) is 5.81. The van der Waals surface area contributed by atoms with Gasteiger partial charge in [0.1, 0.15) is 0 Å².